The highest BCUT2D eigenvalue weighted by atomic mass is 32.2. The fraction of sp³-hybridized carbons (Fsp3) is 0.500. The first-order valence-electron chi connectivity index (χ1n) is 6.74. The van der Waals surface area contributed by atoms with E-state index in [0.29, 0.717) is 12.2 Å². The summed E-state index contributed by atoms with van der Waals surface area (Å²) in [5.74, 6) is -1.08. The maximum atomic E-state index is 11.9. The van der Waals surface area contributed by atoms with Crippen molar-refractivity contribution >= 4 is 29.4 Å². The minimum atomic E-state index is -1.08. The second-order valence-corrected chi connectivity index (χ2v) is 5.94. The first kappa shape index (κ1) is 17.3. The number of anilines is 1. The van der Waals surface area contributed by atoms with Gasteiger partial charge in [-0.05, 0) is 25.2 Å². The van der Waals surface area contributed by atoms with Gasteiger partial charge in [0, 0.05) is 17.5 Å². The third-order valence-electron chi connectivity index (χ3n) is 3.54. The summed E-state index contributed by atoms with van der Waals surface area (Å²) < 4.78 is 0.0263. The van der Waals surface area contributed by atoms with Crippen molar-refractivity contribution in [2.45, 2.75) is 31.4 Å². The Balaban J connectivity index is 2.62. The largest absolute Gasteiger partial charge is 0.478 e. The summed E-state index contributed by atoms with van der Waals surface area (Å²) >= 11 is 1.74. The van der Waals surface area contributed by atoms with E-state index in [4.69, 9.17) is 5.11 Å². The molecule has 1 rings (SSSR count). The lowest BCUT2D eigenvalue weighted by molar-refractivity contribution is 0.0696. The van der Waals surface area contributed by atoms with Gasteiger partial charge in [0.05, 0.1) is 17.4 Å². The van der Waals surface area contributed by atoms with Crippen LogP contribution in [0.4, 0.5) is 10.5 Å². The molecule has 2 amide bonds. The highest BCUT2D eigenvalue weighted by molar-refractivity contribution is 8.00. The summed E-state index contributed by atoms with van der Waals surface area (Å²) in [5, 5.41) is 14.3. The zero-order valence-corrected chi connectivity index (χ0v) is 13.3. The molecular formula is C14H21N3O3S. The molecule has 6 nitrogen and oxygen atoms in total. The number of amides is 2. The molecule has 0 aliphatic heterocycles. The number of rotatable bonds is 7. The lowest BCUT2D eigenvalue weighted by Gasteiger charge is -2.29. The Morgan fingerprint density at radius 2 is 2.00 bits per heavy atom. The molecular weight excluding hydrogens is 290 g/mol. The van der Waals surface area contributed by atoms with Crippen LogP contribution in [0.1, 0.15) is 37.0 Å². The number of urea groups is 1. The van der Waals surface area contributed by atoms with E-state index < -0.39 is 5.97 Å². The molecule has 0 bridgehead atoms. The van der Waals surface area contributed by atoms with E-state index in [1.807, 2.05) is 6.26 Å². The fourth-order valence-electron chi connectivity index (χ4n) is 1.90. The molecule has 1 aromatic rings. The van der Waals surface area contributed by atoms with Crippen molar-refractivity contribution in [1.29, 1.82) is 0 Å². The monoisotopic (exact) mass is 311 g/mol. The summed E-state index contributed by atoms with van der Waals surface area (Å²) in [7, 11) is 0. The smallest absolute Gasteiger partial charge is 0.337 e. The molecule has 0 unspecified atom stereocenters. The predicted molar refractivity (Wildman–Crippen MR) is 85.0 cm³/mol. The molecule has 0 atom stereocenters. The molecule has 0 saturated carbocycles. The number of carboxylic acid groups (broad SMARTS) is 1. The van der Waals surface area contributed by atoms with Crippen LogP contribution in [-0.2, 0) is 0 Å². The van der Waals surface area contributed by atoms with Gasteiger partial charge in [-0.15, -0.1) is 0 Å². The first-order chi connectivity index (χ1) is 9.96. The number of carbonyl (C=O) groups is 2. The van der Waals surface area contributed by atoms with Gasteiger partial charge >= 0.3 is 12.0 Å². The van der Waals surface area contributed by atoms with Crippen LogP contribution in [0.25, 0.3) is 0 Å². The Hall–Kier alpha value is -1.76. The number of hydrogen-bond acceptors (Lipinski definition) is 4. The van der Waals surface area contributed by atoms with Crippen molar-refractivity contribution in [2.24, 2.45) is 0 Å². The number of hydrogen-bond donors (Lipinski definition) is 3. The summed E-state index contributed by atoms with van der Waals surface area (Å²) in [4.78, 5) is 26.5. The van der Waals surface area contributed by atoms with Crippen molar-refractivity contribution in [1.82, 2.24) is 10.3 Å². The molecule has 3 N–H and O–H groups in total. The maximum absolute atomic E-state index is 11.9. The summed E-state index contributed by atoms with van der Waals surface area (Å²) in [5.41, 5.74) is 0.392. The van der Waals surface area contributed by atoms with Gasteiger partial charge in [0.15, 0.2) is 0 Å². The normalized spacial score (nSPS) is 11.0. The third-order valence-corrected chi connectivity index (χ3v) is 5.12. The molecule has 7 heteroatoms. The van der Waals surface area contributed by atoms with E-state index in [1.165, 1.54) is 18.5 Å². The Kier molecular flexibility index (Phi) is 6.48. The predicted octanol–water partition coefficient (Wildman–Crippen LogP) is 2.82. The van der Waals surface area contributed by atoms with Gasteiger partial charge in [-0.1, -0.05) is 13.8 Å². The number of aromatic nitrogens is 1. The minimum Gasteiger partial charge on any atom is -0.478 e. The van der Waals surface area contributed by atoms with Gasteiger partial charge in [0.25, 0.3) is 0 Å². The van der Waals surface area contributed by atoms with E-state index >= 15 is 0 Å². The van der Waals surface area contributed by atoms with Crippen molar-refractivity contribution in [3.8, 4) is 0 Å². The van der Waals surface area contributed by atoms with Gasteiger partial charge in [0.2, 0.25) is 0 Å². The van der Waals surface area contributed by atoms with E-state index in [1.54, 1.807) is 11.8 Å². The highest BCUT2D eigenvalue weighted by Gasteiger charge is 2.25. The van der Waals surface area contributed by atoms with Crippen LogP contribution in [0.2, 0.25) is 0 Å². The van der Waals surface area contributed by atoms with Gasteiger partial charge in [-0.2, -0.15) is 11.8 Å². The maximum Gasteiger partial charge on any atom is 0.337 e. The van der Waals surface area contributed by atoms with Crippen LogP contribution in [0.15, 0.2) is 18.5 Å². The lowest BCUT2D eigenvalue weighted by atomic mass is 10.0. The number of aromatic carboxylic acids is 1. The van der Waals surface area contributed by atoms with Crippen LogP contribution in [0.3, 0.4) is 0 Å². The second kappa shape index (κ2) is 7.87. The van der Waals surface area contributed by atoms with E-state index in [-0.39, 0.29) is 16.3 Å². The number of carboxylic acids is 1. The van der Waals surface area contributed by atoms with Crippen molar-refractivity contribution in [3.05, 3.63) is 24.0 Å². The lowest BCUT2D eigenvalue weighted by Crippen LogP contribution is -2.41. The Labute approximate surface area is 128 Å². The van der Waals surface area contributed by atoms with Crippen LogP contribution < -0.4 is 10.6 Å². The zero-order chi connectivity index (χ0) is 15.9. The van der Waals surface area contributed by atoms with E-state index in [2.05, 4.69) is 29.5 Å². The highest BCUT2D eigenvalue weighted by Crippen LogP contribution is 2.29. The first-order valence-corrected chi connectivity index (χ1v) is 7.97. The SMILES string of the molecule is CCC(CC)(CNC(=O)Nc1cncc(C(=O)O)c1)SC. The van der Waals surface area contributed by atoms with Crippen molar-refractivity contribution < 1.29 is 14.7 Å². The molecule has 21 heavy (non-hydrogen) atoms. The summed E-state index contributed by atoms with van der Waals surface area (Å²) in [6.45, 7) is 4.75. The molecule has 0 fully saturated rings. The molecule has 116 valence electrons. The summed E-state index contributed by atoms with van der Waals surface area (Å²) in [6, 6.07) is 1.01. The second-order valence-electron chi connectivity index (χ2n) is 4.67. The topological polar surface area (TPSA) is 91.3 Å². The number of nitrogens with zero attached hydrogens (tertiary/aromatic N) is 1. The average Bonchev–Trinajstić information content (AvgIpc) is 2.49. The fourth-order valence-corrected chi connectivity index (χ4v) is 2.70. The Morgan fingerprint density at radius 1 is 1.33 bits per heavy atom. The van der Waals surface area contributed by atoms with Gasteiger partial charge < -0.3 is 15.7 Å². The van der Waals surface area contributed by atoms with Crippen molar-refractivity contribution in [2.75, 3.05) is 18.1 Å². The molecule has 1 aromatic heterocycles. The van der Waals surface area contributed by atoms with Crippen LogP contribution in [-0.4, -0.2) is 39.6 Å². The van der Waals surface area contributed by atoms with Crippen LogP contribution in [0, 0.1) is 0 Å². The number of carbonyl (C=O) groups excluding carboxylic acids is 1. The molecule has 1 heterocycles. The number of thioether (sulfide) groups is 1. The number of nitrogens with one attached hydrogen (secondary N) is 2. The standard InChI is InChI=1S/C14H21N3O3S/c1-4-14(5-2,21-3)9-16-13(20)17-11-6-10(12(18)19)7-15-8-11/h6-8H,4-5,9H2,1-3H3,(H,18,19)(H2,16,17,20). The molecule has 0 aromatic carbocycles. The third kappa shape index (κ3) is 4.93. The van der Waals surface area contributed by atoms with E-state index in [0.717, 1.165) is 12.8 Å². The Bertz CT molecular complexity index is 496. The van der Waals surface area contributed by atoms with Gasteiger partial charge in [-0.25, -0.2) is 9.59 Å². The van der Waals surface area contributed by atoms with Crippen LogP contribution in [0.5, 0.6) is 0 Å². The molecule has 0 aliphatic carbocycles. The molecule has 0 radical (unpaired) electrons. The quantitative estimate of drug-likeness (QED) is 0.720. The van der Waals surface area contributed by atoms with Gasteiger partial charge in [0.1, 0.15) is 0 Å². The van der Waals surface area contributed by atoms with E-state index in [9.17, 15) is 9.59 Å². The summed E-state index contributed by atoms with van der Waals surface area (Å²) in [6.07, 6.45) is 6.60. The average molecular weight is 311 g/mol. The zero-order valence-electron chi connectivity index (χ0n) is 12.5. The van der Waals surface area contributed by atoms with Crippen molar-refractivity contribution in [3.63, 3.8) is 0 Å². The molecule has 0 aliphatic rings. The molecule has 0 saturated heterocycles. The van der Waals surface area contributed by atoms with Crippen LogP contribution >= 0.6 is 11.8 Å². The number of pyridine rings is 1. The van der Waals surface area contributed by atoms with Gasteiger partial charge in [-0.3, -0.25) is 4.98 Å². The molecule has 0 spiro atoms. The Morgan fingerprint density at radius 3 is 2.52 bits per heavy atom. The minimum absolute atomic E-state index is 0.0263.